The maximum atomic E-state index is 6.20. The molecule has 4 rings (SSSR count). The van der Waals surface area contributed by atoms with Gasteiger partial charge in [-0.2, -0.15) is 0 Å². The van der Waals surface area contributed by atoms with Crippen LogP contribution in [-0.2, 0) is 6.42 Å². The second-order valence-corrected chi connectivity index (χ2v) is 5.81. The summed E-state index contributed by atoms with van der Waals surface area (Å²) in [6.07, 6.45) is 2.82. The Bertz CT molecular complexity index is 918. The maximum Gasteiger partial charge on any atom is 0.195 e. The third-order valence-electron chi connectivity index (χ3n) is 4.36. The summed E-state index contributed by atoms with van der Waals surface area (Å²) in [5.74, 6) is 2.74. The first kappa shape index (κ1) is 13.4. The largest absolute Gasteiger partial charge is 0.461 e. The number of allylic oxidation sites excluding steroid dienone is 2. The Morgan fingerprint density at radius 3 is 2.82 bits per heavy atom. The highest BCUT2D eigenvalue weighted by Crippen LogP contribution is 2.43. The fraction of sp³-hybridized carbons (Fsp3) is 0.316. The second kappa shape index (κ2) is 4.87. The Hall–Kier alpha value is -2.29. The lowest BCUT2D eigenvalue weighted by molar-refractivity contribution is 0.405. The lowest BCUT2D eigenvalue weighted by Crippen LogP contribution is -2.05. The van der Waals surface area contributed by atoms with E-state index in [9.17, 15) is 0 Å². The molecule has 0 radical (unpaired) electrons. The standard InChI is InChI=1S/C19H19NO2/c1-4-7-14-11(3)12-8-6-9-13-18(12)15(21-14)10-16-19(13)20-17(5-2)22-16/h6,8-10H,4-5,7H2,1-3H3. The van der Waals surface area contributed by atoms with Crippen LogP contribution in [-0.4, -0.2) is 4.98 Å². The number of hydrogen-bond acceptors (Lipinski definition) is 3. The number of aromatic nitrogens is 1. The summed E-state index contributed by atoms with van der Waals surface area (Å²) < 4.78 is 12.0. The molecule has 112 valence electrons. The molecule has 1 aliphatic rings. The molecular formula is C19H19NO2. The van der Waals surface area contributed by atoms with Crippen molar-refractivity contribution in [2.45, 2.75) is 40.0 Å². The molecule has 3 nitrogen and oxygen atoms in total. The van der Waals surface area contributed by atoms with Crippen molar-refractivity contribution in [1.29, 1.82) is 0 Å². The van der Waals surface area contributed by atoms with Gasteiger partial charge >= 0.3 is 0 Å². The molecule has 0 atom stereocenters. The Kier molecular flexibility index (Phi) is 2.96. The van der Waals surface area contributed by atoms with Gasteiger partial charge in [0.05, 0.1) is 0 Å². The minimum Gasteiger partial charge on any atom is -0.461 e. The SMILES string of the molecule is CCCC1=C(C)c2cccc3c2c(cc2oc(CC)nc23)O1. The number of ether oxygens (including phenoxy) is 1. The average Bonchev–Trinajstić information content (AvgIpc) is 2.95. The molecule has 22 heavy (non-hydrogen) atoms. The maximum absolute atomic E-state index is 6.20. The van der Waals surface area contributed by atoms with Crippen LogP contribution < -0.4 is 4.74 Å². The topological polar surface area (TPSA) is 35.3 Å². The number of fused-ring (bicyclic) bond motifs is 2. The summed E-state index contributed by atoms with van der Waals surface area (Å²) in [6, 6.07) is 8.37. The quantitative estimate of drug-likeness (QED) is 0.642. The monoisotopic (exact) mass is 293 g/mol. The van der Waals surface area contributed by atoms with Crippen LogP contribution >= 0.6 is 0 Å². The summed E-state index contributed by atoms with van der Waals surface area (Å²) in [7, 11) is 0. The second-order valence-electron chi connectivity index (χ2n) is 5.81. The highest BCUT2D eigenvalue weighted by atomic mass is 16.5. The molecule has 2 aromatic carbocycles. The summed E-state index contributed by atoms with van der Waals surface area (Å²) in [4.78, 5) is 4.64. The smallest absolute Gasteiger partial charge is 0.195 e. The van der Waals surface area contributed by atoms with Gasteiger partial charge in [0.2, 0.25) is 0 Å². The van der Waals surface area contributed by atoms with Crippen LogP contribution in [0.15, 0.2) is 34.4 Å². The summed E-state index contributed by atoms with van der Waals surface area (Å²) in [6.45, 7) is 6.37. The Balaban J connectivity index is 2.08. The third kappa shape index (κ3) is 1.78. The van der Waals surface area contributed by atoms with E-state index in [-0.39, 0.29) is 0 Å². The Labute approximate surface area is 129 Å². The predicted octanol–water partition coefficient (Wildman–Crippen LogP) is 5.47. The normalized spacial score (nSPS) is 14.0. The zero-order chi connectivity index (χ0) is 15.3. The Morgan fingerprint density at radius 1 is 1.18 bits per heavy atom. The van der Waals surface area contributed by atoms with Gasteiger partial charge in [-0.05, 0) is 24.5 Å². The molecule has 3 aromatic rings. The number of rotatable bonds is 3. The summed E-state index contributed by atoms with van der Waals surface area (Å²) in [5, 5.41) is 2.27. The molecule has 0 spiro atoms. The van der Waals surface area contributed by atoms with E-state index in [4.69, 9.17) is 9.15 Å². The predicted molar refractivity (Wildman–Crippen MR) is 89.0 cm³/mol. The molecule has 0 N–H and O–H groups in total. The van der Waals surface area contributed by atoms with Crippen molar-refractivity contribution in [2.75, 3.05) is 0 Å². The molecule has 0 unspecified atom stereocenters. The first-order chi connectivity index (χ1) is 10.7. The third-order valence-corrected chi connectivity index (χ3v) is 4.36. The van der Waals surface area contributed by atoms with Crippen LogP contribution in [0, 0.1) is 0 Å². The van der Waals surface area contributed by atoms with Gasteiger partial charge in [0, 0.05) is 29.7 Å². The van der Waals surface area contributed by atoms with Crippen LogP contribution in [0.1, 0.15) is 45.1 Å². The number of aryl methyl sites for hydroxylation is 1. The molecule has 0 fully saturated rings. The minimum absolute atomic E-state index is 0.775. The van der Waals surface area contributed by atoms with Crippen molar-refractivity contribution in [1.82, 2.24) is 4.98 Å². The van der Waals surface area contributed by atoms with Gasteiger partial charge in [0.1, 0.15) is 17.0 Å². The molecule has 0 bridgehead atoms. The molecule has 0 saturated heterocycles. The van der Waals surface area contributed by atoms with E-state index < -0.39 is 0 Å². The van der Waals surface area contributed by atoms with Crippen LogP contribution in [0.5, 0.6) is 5.75 Å². The average molecular weight is 293 g/mol. The minimum atomic E-state index is 0.775. The molecule has 3 heteroatoms. The van der Waals surface area contributed by atoms with Crippen molar-refractivity contribution in [3.63, 3.8) is 0 Å². The van der Waals surface area contributed by atoms with E-state index >= 15 is 0 Å². The number of benzene rings is 2. The van der Waals surface area contributed by atoms with Gasteiger partial charge in [0.25, 0.3) is 0 Å². The van der Waals surface area contributed by atoms with Gasteiger partial charge in [-0.1, -0.05) is 32.0 Å². The highest BCUT2D eigenvalue weighted by molar-refractivity contribution is 6.11. The number of nitrogens with zero attached hydrogens (tertiary/aromatic N) is 1. The van der Waals surface area contributed by atoms with Crippen LogP contribution in [0.3, 0.4) is 0 Å². The van der Waals surface area contributed by atoms with Crippen LogP contribution in [0.2, 0.25) is 0 Å². The van der Waals surface area contributed by atoms with E-state index in [1.54, 1.807) is 0 Å². The molecule has 0 amide bonds. The molecule has 0 saturated carbocycles. The molecule has 1 aliphatic heterocycles. The molecular weight excluding hydrogens is 274 g/mol. The van der Waals surface area contributed by atoms with Crippen molar-refractivity contribution >= 4 is 27.4 Å². The van der Waals surface area contributed by atoms with Gasteiger partial charge in [-0.25, -0.2) is 4.98 Å². The molecule has 2 heterocycles. The fourth-order valence-electron chi connectivity index (χ4n) is 3.24. The van der Waals surface area contributed by atoms with E-state index in [1.807, 2.05) is 6.07 Å². The van der Waals surface area contributed by atoms with Crippen molar-refractivity contribution < 1.29 is 9.15 Å². The first-order valence-corrected chi connectivity index (χ1v) is 7.96. The van der Waals surface area contributed by atoms with Gasteiger partial charge < -0.3 is 9.15 Å². The number of oxazole rings is 1. The van der Waals surface area contributed by atoms with Crippen molar-refractivity contribution in [2.24, 2.45) is 0 Å². The lowest BCUT2D eigenvalue weighted by Gasteiger charge is -2.22. The van der Waals surface area contributed by atoms with E-state index in [0.717, 1.165) is 58.5 Å². The van der Waals surface area contributed by atoms with E-state index in [0.29, 0.717) is 0 Å². The highest BCUT2D eigenvalue weighted by Gasteiger charge is 2.22. The first-order valence-electron chi connectivity index (χ1n) is 7.96. The van der Waals surface area contributed by atoms with Gasteiger partial charge in [-0.3, -0.25) is 0 Å². The van der Waals surface area contributed by atoms with Gasteiger partial charge in [-0.15, -0.1) is 0 Å². The Morgan fingerprint density at radius 2 is 2.05 bits per heavy atom. The summed E-state index contributed by atoms with van der Waals surface area (Å²) in [5.41, 5.74) is 4.24. The zero-order valence-corrected chi connectivity index (χ0v) is 13.2. The van der Waals surface area contributed by atoms with Crippen LogP contribution in [0.25, 0.3) is 27.4 Å². The van der Waals surface area contributed by atoms with Crippen molar-refractivity contribution in [3.8, 4) is 5.75 Å². The fourth-order valence-corrected chi connectivity index (χ4v) is 3.24. The van der Waals surface area contributed by atoms with Crippen LogP contribution in [0.4, 0.5) is 0 Å². The van der Waals surface area contributed by atoms with Crippen molar-refractivity contribution in [3.05, 3.63) is 41.5 Å². The van der Waals surface area contributed by atoms with Gasteiger partial charge in [0.15, 0.2) is 11.5 Å². The molecule has 1 aromatic heterocycles. The van der Waals surface area contributed by atoms with E-state index in [2.05, 4.69) is 44.0 Å². The van der Waals surface area contributed by atoms with E-state index in [1.165, 1.54) is 11.1 Å². The molecule has 0 aliphatic carbocycles. The lowest BCUT2D eigenvalue weighted by atomic mass is 9.94. The zero-order valence-electron chi connectivity index (χ0n) is 13.2. The number of hydrogen-bond donors (Lipinski definition) is 0. The summed E-state index contributed by atoms with van der Waals surface area (Å²) >= 11 is 0.